The van der Waals surface area contributed by atoms with Gasteiger partial charge in [-0.2, -0.15) is 0 Å². The van der Waals surface area contributed by atoms with Gasteiger partial charge in [0.05, 0.1) is 0 Å². The van der Waals surface area contributed by atoms with Crippen molar-refractivity contribution in [3.63, 3.8) is 0 Å². The topological polar surface area (TPSA) is 23.5 Å². The standard InChI is InChI=1S/C11H14FNO/c12-11-4-2-1-3-10(11)7-13-5-9(6-13)8-14/h1-4,9,14H,5-8H2. The van der Waals surface area contributed by atoms with Crippen LogP contribution in [0.4, 0.5) is 4.39 Å². The Bertz CT molecular complexity index is 310. The first-order chi connectivity index (χ1) is 6.79. The Kier molecular flexibility index (Phi) is 2.79. The van der Waals surface area contributed by atoms with Gasteiger partial charge in [0.25, 0.3) is 0 Å². The zero-order valence-corrected chi connectivity index (χ0v) is 7.99. The van der Waals surface area contributed by atoms with Crippen LogP contribution in [0.3, 0.4) is 0 Å². The monoisotopic (exact) mass is 195 g/mol. The molecule has 0 radical (unpaired) electrons. The molecule has 1 aromatic carbocycles. The molecule has 0 saturated carbocycles. The summed E-state index contributed by atoms with van der Waals surface area (Å²) >= 11 is 0. The van der Waals surface area contributed by atoms with E-state index in [0.29, 0.717) is 12.5 Å². The molecular formula is C11H14FNO. The van der Waals surface area contributed by atoms with Gasteiger partial charge in [-0.05, 0) is 6.07 Å². The number of benzene rings is 1. The second kappa shape index (κ2) is 4.07. The van der Waals surface area contributed by atoms with Gasteiger partial charge >= 0.3 is 0 Å². The Morgan fingerprint density at radius 2 is 2.07 bits per heavy atom. The fraction of sp³-hybridized carbons (Fsp3) is 0.455. The third kappa shape index (κ3) is 1.94. The third-order valence-corrected chi connectivity index (χ3v) is 2.64. The zero-order chi connectivity index (χ0) is 9.97. The summed E-state index contributed by atoms with van der Waals surface area (Å²) in [5, 5.41) is 8.82. The lowest BCUT2D eigenvalue weighted by Gasteiger charge is -2.38. The molecule has 1 fully saturated rings. The smallest absolute Gasteiger partial charge is 0.127 e. The molecule has 1 saturated heterocycles. The Balaban J connectivity index is 1.90. The number of aliphatic hydroxyl groups excluding tert-OH is 1. The summed E-state index contributed by atoms with van der Waals surface area (Å²) in [6.07, 6.45) is 0. The van der Waals surface area contributed by atoms with Crippen LogP contribution in [0.1, 0.15) is 5.56 Å². The van der Waals surface area contributed by atoms with Crippen molar-refractivity contribution in [2.45, 2.75) is 6.54 Å². The average molecular weight is 195 g/mol. The molecule has 0 aliphatic carbocycles. The molecule has 0 bridgehead atoms. The molecule has 1 aromatic rings. The van der Waals surface area contributed by atoms with Crippen molar-refractivity contribution in [3.05, 3.63) is 35.6 Å². The summed E-state index contributed by atoms with van der Waals surface area (Å²) in [5.41, 5.74) is 0.740. The number of hydrogen-bond acceptors (Lipinski definition) is 2. The van der Waals surface area contributed by atoms with E-state index in [2.05, 4.69) is 4.90 Å². The van der Waals surface area contributed by atoms with Crippen LogP contribution in [-0.2, 0) is 6.54 Å². The van der Waals surface area contributed by atoms with Crippen LogP contribution in [0.2, 0.25) is 0 Å². The van der Waals surface area contributed by atoms with E-state index < -0.39 is 0 Å². The number of hydrogen-bond donors (Lipinski definition) is 1. The van der Waals surface area contributed by atoms with Crippen molar-refractivity contribution >= 4 is 0 Å². The van der Waals surface area contributed by atoms with Crippen LogP contribution in [-0.4, -0.2) is 29.7 Å². The van der Waals surface area contributed by atoms with E-state index in [1.165, 1.54) is 6.07 Å². The van der Waals surface area contributed by atoms with E-state index in [-0.39, 0.29) is 12.4 Å². The highest BCUT2D eigenvalue weighted by Crippen LogP contribution is 2.19. The van der Waals surface area contributed by atoms with E-state index in [0.717, 1.165) is 18.7 Å². The lowest BCUT2D eigenvalue weighted by molar-refractivity contribution is 0.0471. The SMILES string of the molecule is OCC1CN(Cc2ccccc2F)C1. The van der Waals surface area contributed by atoms with Gasteiger partial charge in [-0.25, -0.2) is 4.39 Å². The summed E-state index contributed by atoms with van der Waals surface area (Å²) in [6.45, 7) is 2.66. The van der Waals surface area contributed by atoms with Gasteiger partial charge < -0.3 is 5.11 Å². The van der Waals surface area contributed by atoms with E-state index in [4.69, 9.17) is 5.11 Å². The summed E-state index contributed by atoms with van der Waals surface area (Å²) in [5.74, 6) is 0.252. The number of halogens is 1. The van der Waals surface area contributed by atoms with Crippen LogP contribution >= 0.6 is 0 Å². The molecule has 2 nitrogen and oxygen atoms in total. The normalized spacial score (nSPS) is 18.1. The maximum Gasteiger partial charge on any atom is 0.127 e. The van der Waals surface area contributed by atoms with Crippen LogP contribution in [0, 0.1) is 11.7 Å². The van der Waals surface area contributed by atoms with Crippen LogP contribution < -0.4 is 0 Å². The first kappa shape index (κ1) is 9.62. The number of nitrogens with zero attached hydrogens (tertiary/aromatic N) is 1. The first-order valence-electron chi connectivity index (χ1n) is 4.86. The van der Waals surface area contributed by atoms with Crippen molar-refractivity contribution in [1.29, 1.82) is 0 Å². The van der Waals surface area contributed by atoms with Crippen LogP contribution in [0.5, 0.6) is 0 Å². The molecule has 14 heavy (non-hydrogen) atoms. The van der Waals surface area contributed by atoms with E-state index >= 15 is 0 Å². The third-order valence-electron chi connectivity index (χ3n) is 2.64. The fourth-order valence-electron chi connectivity index (χ4n) is 1.79. The minimum absolute atomic E-state index is 0.139. The second-order valence-electron chi connectivity index (χ2n) is 3.83. The summed E-state index contributed by atoms with van der Waals surface area (Å²) < 4.78 is 13.2. The van der Waals surface area contributed by atoms with Gasteiger partial charge in [0.1, 0.15) is 5.82 Å². The maximum absolute atomic E-state index is 13.2. The van der Waals surface area contributed by atoms with Crippen molar-refractivity contribution < 1.29 is 9.50 Å². The lowest BCUT2D eigenvalue weighted by atomic mass is 10.0. The van der Waals surface area contributed by atoms with Crippen LogP contribution in [0.25, 0.3) is 0 Å². The highest BCUT2D eigenvalue weighted by Gasteiger charge is 2.25. The maximum atomic E-state index is 13.2. The predicted molar refractivity (Wildman–Crippen MR) is 52.3 cm³/mol. The summed E-state index contributed by atoms with van der Waals surface area (Å²) in [7, 11) is 0. The van der Waals surface area contributed by atoms with Crippen LogP contribution in [0.15, 0.2) is 24.3 Å². The van der Waals surface area contributed by atoms with Gasteiger partial charge in [0.15, 0.2) is 0 Å². The quantitative estimate of drug-likeness (QED) is 0.784. The van der Waals surface area contributed by atoms with Crippen molar-refractivity contribution in [2.24, 2.45) is 5.92 Å². The Morgan fingerprint density at radius 3 is 2.71 bits per heavy atom. The molecule has 1 heterocycles. The summed E-state index contributed by atoms with van der Waals surface area (Å²) in [6, 6.07) is 6.84. The van der Waals surface area contributed by atoms with Gasteiger partial charge in [0, 0.05) is 37.7 Å². The highest BCUT2D eigenvalue weighted by atomic mass is 19.1. The van der Waals surface area contributed by atoms with Gasteiger partial charge in [-0.3, -0.25) is 4.90 Å². The van der Waals surface area contributed by atoms with Crippen molar-refractivity contribution in [3.8, 4) is 0 Å². The van der Waals surface area contributed by atoms with E-state index in [1.807, 2.05) is 12.1 Å². The molecular weight excluding hydrogens is 181 g/mol. The molecule has 1 aliphatic heterocycles. The molecule has 1 N–H and O–H groups in total. The lowest BCUT2D eigenvalue weighted by Crippen LogP contribution is -2.47. The number of likely N-dealkylation sites (tertiary alicyclic amines) is 1. The molecule has 3 heteroatoms. The summed E-state index contributed by atoms with van der Waals surface area (Å²) in [4.78, 5) is 2.14. The van der Waals surface area contributed by atoms with Gasteiger partial charge in [-0.15, -0.1) is 0 Å². The Labute approximate surface area is 83.0 Å². The van der Waals surface area contributed by atoms with Gasteiger partial charge in [-0.1, -0.05) is 18.2 Å². The van der Waals surface area contributed by atoms with E-state index in [9.17, 15) is 4.39 Å². The Hall–Kier alpha value is -0.930. The molecule has 0 unspecified atom stereocenters. The molecule has 0 atom stereocenters. The van der Waals surface area contributed by atoms with E-state index in [1.54, 1.807) is 6.07 Å². The molecule has 1 aliphatic rings. The second-order valence-corrected chi connectivity index (χ2v) is 3.83. The first-order valence-corrected chi connectivity index (χ1v) is 4.86. The zero-order valence-electron chi connectivity index (χ0n) is 7.99. The van der Waals surface area contributed by atoms with Crippen molar-refractivity contribution in [2.75, 3.05) is 19.7 Å². The predicted octanol–water partition coefficient (Wildman–Crippen LogP) is 1.25. The number of rotatable bonds is 3. The number of aliphatic hydroxyl groups is 1. The average Bonchev–Trinajstić information content (AvgIpc) is 2.13. The minimum atomic E-state index is -0.139. The fourth-order valence-corrected chi connectivity index (χ4v) is 1.79. The molecule has 0 spiro atoms. The largest absolute Gasteiger partial charge is 0.396 e. The molecule has 0 amide bonds. The Morgan fingerprint density at radius 1 is 1.36 bits per heavy atom. The molecule has 76 valence electrons. The van der Waals surface area contributed by atoms with Gasteiger partial charge in [0.2, 0.25) is 0 Å². The molecule has 0 aromatic heterocycles. The molecule has 2 rings (SSSR count). The highest BCUT2D eigenvalue weighted by molar-refractivity contribution is 5.17. The minimum Gasteiger partial charge on any atom is -0.396 e. The van der Waals surface area contributed by atoms with Crippen molar-refractivity contribution in [1.82, 2.24) is 4.90 Å².